The first-order chi connectivity index (χ1) is 7.22. The van der Waals surface area contributed by atoms with Crippen LogP contribution in [0.3, 0.4) is 0 Å². The Morgan fingerprint density at radius 2 is 2.13 bits per heavy atom. The van der Waals surface area contributed by atoms with Gasteiger partial charge < -0.3 is 4.74 Å². The molecule has 0 saturated carbocycles. The van der Waals surface area contributed by atoms with Gasteiger partial charge in [-0.2, -0.15) is 0 Å². The minimum absolute atomic E-state index is 0.247. The van der Waals surface area contributed by atoms with Crippen molar-refractivity contribution in [3.8, 4) is 0 Å². The quantitative estimate of drug-likeness (QED) is 0.667. The Bertz CT molecular complexity index is 367. The van der Waals surface area contributed by atoms with Crippen LogP contribution in [0.25, 0.3) is 0 Å². The highest BCUT2D eigenvalue weighted by molar-refractivity contribution is 5.33. The lowest BCUT2D eigenvalue weighted by atomic mass is 9.79. The van der Waals surface area contributed by atoms with Crippen LogP contribution in [0.5, 0.6) is 0 Å². The molecule has 1 aromatic carbocycles. The molecule has 1 heteroatoms. The molecular formula is C14H18O. The van der Waals surface area contributed by atoms with Gasteiger partial charge in [-0.05, 0) is 36.8 Å². The first-order valence-corrected chi connectivity index (χ1v) is 5.48. The molecule has 0 unspecified atom stereocenters. The number of hydrogen-bond acceptors (Lipinski definition) is 1. The number of methoxy groups -OCH3 is 1. The van der Waals surface area contributed by atoms with E-state index < -0.39 is 0 Å². The highest BCUT2D eigenvalue weighted by Crippen LogP contribution is 2.37. The summed E-state index contributed by atoms with van der Waals surface area (Å²) in [5.74, 6) is 0.574. The van der Waals surface area contributed by atoms with Crippen molar-refractivity contribution in [3.05, 3.63) is 47.5 Å². The number of rotatable bonds is 2. The second kappa shape index (κ2) is 4.19. The fourth-order valence-electron chi connectivity index (χ4n) is 2.37. The predicted octanol–water partition coefficient (Wildman–Crippen LogP) is 3.51. The molecule has 0 radical (unpaired) electrons. The largest absolute Gasteiger partial charge is 0.377 e. The highest BCUT2D eigenvalue weighted by atomic mass is 16.5. The summed E-state index contributed by atoms with van der Waals surface area (Å²) < 4.78 is 5.56. The molecule has 0 aromatic heterocycles. The van der Waals surface area contributed by atoms with Crippen LogP contribution in [0.15, 0.2) is 36.4 Å². The van der Waals surface area contributed by atoms with Crippen molar-refractivity contribution < 1.29 is 4.74 Å². The van der Waals surface area contributed by atoms with Crippen LogP contribution >= 0.6 is 0 Å². The summed E-state index contributed by atoms with van der Waals surface area (Å²) in [5.41, 5.74) is 4.05. The first kappa shape index (κ1) is 10.4. The number of benzene rings is 1. The maximum absolute atomic E-state index is 5.56. The van der Waals surface area contributed by atoms with Gasteiger partial charge in [-0.3, -0.25) is 0 Å². The summed E-state index contributed by atoms with van der Waals surface area (Å²) in [4.78, 5) is 0. The molecule has 80 valence electrons. The van der Waals surface area contributed by atoms with Crippen LogP contribution in [0.1, 0.15) is 30.6 Å². The maximum Gasteiger partial charge on any atom is 0.0829 e. The van der Waals surface area contributed by atoms with Crippen molar-refractivity contribution in [2.45, 2.75) is 25.9 Å². The smallest absolute Gasteiger partial charge is 0.0829 e. The Hall–Kier alpha value is -1.08. The third-order valence-corrected chi connectivity index (χ3v) is 3.35. The Labute approximate surface area is 91.8 Å². The Kier molecular flexibility index (Phi) is 2.92. The second-order valence-corrected chi connectivity index (χ2v) is 4.41. The minimum atomic E-state index is 0.247. The Balaban J connectivity index is 2.34. The van der Waals surface area contributed by atoms with Gasteiger partial charge in [-0.1, -0.05) is 36.4 Å². The molecule has 0 spiro atoms. The van der Waals surface area contributed by atoms with Crippen LogP contribution < -0.4 is 0 Å². The topological polar surface area (TPSA) is 9.23 Å². The summed E-state index contributed by atoms with van der Waals surface area (Å²) in [7, 11) is 1.79. The lowest BCUT2D eigenvalue weighted by Crippen LogP contribution is -2.20. The molecule has 0 bridgehead atoms. The molecule has 2 rings (SSSR count). The molecule has 0 saturated heterocycles. The Morgan fingerprint density at radius 3 is 2.80 bits per heavy atom. The zero-order valence-electron chi connectivity index (χ0n) is 9.49. The number of allylic oxidation sites excluding steroid dienone is 1. The summed E-state index contributed by atoms with van der Waals surface area (Å²) in [6, 6.07) is 8.58. The molecule has 2 atom stereocenters. The molecule has 0 amide bonds. The SMILES string of the molecule is C=C(C)[C@H]1Cc2ccccc2[C@@H](OC)C1. The normalized spacial score (nSPS) is 24.7. The van der Waals surface area contributed by atoms with E-state index in [1.165, 1.54) is 16.7 Å². The van der Waals surface area contributed by atoms with E-state index in [1.807, 2.05) is 0 Å². The van der Waals surface area contributed by atoms with Gasteiger partial charge in [0.25, 0.3) is 0 Å². The minimum Gasteiger partial charge on any atom is -0.377 e. The van der Waals surface area contributed by atoms with Crippen molar-refractivity contribution in [1.29, 1.82) is 0 Å². The monoisotopic (exact) mass is 202 g/mol. The van der Waals surface area contributed by atoms with Gasteiger partial charge in [0.05, 0.1) is 6.10 Å². The lowest BCUT2D eigenvalue weighted by molar-refractivity contribution is 0.0769. The van der Waals surface area contributed by atoms with Crippen LogP contribution in [0.2, 0.25) is 0 Å². The maximum atomic E-state index is 5.56. The van der Waals surface area contributed by atoms with Gasteiger partial charge in [0.2, 0.25) is 0 Å². The van der Waals surface area contributed by atoms with E-state index in [2.05, 4.69) is 37.8 Å². The lowest BCUT2D eigenvalue weighted by Gasteiger charge is -2.31. The van der Waals surface area contributed by atoms with Crippen molar-refractivity contribution in [1.82, 2.24) is 0 Å². The Morgan fingerprint density at radius 1 is 1.40 bits per heavy atom. The molecule has 1 aromatic rings. The van der Waals surface area contributed by atoms with E-state index in [0.29, 0.717) is 5.92 Å². The van der Waals surface area contributed by atoms with E-state index in [9.17, 15) is 0 Å². The van der Waals surface area contributed by atoms with Crippen LogP contribution in [0.4, 0.5) is 0 Å². The van der Waals surface area contributed by atoms with Gasteiger partial charge in [0.15, 0.2) is 0 Å². The van der Waals surface area contributed by atoms with E-state index >= 15 is 0 Å². The number of ether oxygens (including phenoxy) is 1. The third kappa shape index (κ3) is 1.98. The van der Waals surface area contributed by atoms with Gasteiger partial charge in [-0.25, -0.2) is 0 Å². The summed E-state index contributed by atoms with van der Waals surface area (Å²) in [6.45, 7) is 6.18. The fraction of sp³-hybridized carbons (Fsp3) is 0.429. The molecule has 1 aliphatic rings. The van der Waals surface area contributed by atoms with Crippen LogP contribution in [-0.4, -0.2) is 7.11 Å². The van der Waals surface area contributed by atoms with Gasteiger partial charge >= 0.3 is 0 Å². The molecule has 1 nitrogen and oxygen atoms in total. The van der Waals surface area contributed by atoms with Crippen molar-refractivity contribution >= 4 is 0 Å². The van der Waals surface area contributed by atoms with E-state index in [-0.39, 0.29) is 6.10 Å². The van der Waals surface area contributed by atoms with Crippen molar-refractivity contribution in [3.63, 3.8) is 0 Å². The van der Waals surface area contributed by atoms with E-state index in [1.54, 1.807) is 7.11 Å². The molecule has 0 heterocycles. The predicted molar refractivity (Wildman–Crippen MR) is 62.8 cm³/mol. The van der Waals surface area contributed by atoms with Crippen molar-refractivity contribution in [2.75, 3.05) is 7.11 Å². The number of fused-ring (bicyclic) bond motifs is 1. The second-order valence-electron chi connectivity index (χ2n) is 4.41. The summed E-state index contributed by atoms with van der Waals surface area (Å²) >= 11 is 0. The highest BCUT2D eigenvalue weighted by Gasteiger charge is 2.26. The molecule has 1 aliphatic carbocycles. The number of hydrogen-bond donors (Lipinski definition) is 0. The zero-order valence-corrected chi connectivity index (χ0v) is 9.49. The standard InChI is InChI=1S/C14H18O/c1-10(2)12-8-11-6-4-5-7-13(11)14(9-12)15-3/h4-7,12,14H,1,8-9H2,2-3H3/t12-,14-/m0/s1. The van der Waals surface area contributed by atoms with Gasteiger partial charge in [0.1, 0.15) is 0 Å². The first-order valence-electron chi connectivity index (χ1n) is 5.48. The average molecular weight is 202 g/mol. The van der Waals surface area contributed by atoms with E-state index in [4.69, 9.17) is 4.74 Å². The fourth-order valence-corrected chi connectivity index (χ4v) is 2.37. The van der Waals surface area contributed by atoms with Crippen molar-refractivity contribution in [2.24, 2.45) is 5.92 Å². The zero-order chi connectivity index (χ0) is 10.8. The summed E-state index contributed by atoms with van der Waals surface area (Å²) in [6.07, 6.45) is 2.44. The third-order valence-electron chi connectivity index (χ3n) is 3.35. The van der Waals surface area contributed by atoms with Crippen LogP contribution in [0, 0.1) is 5.92 Å². The molecule has 0 aliphatic heterocycles. The molecular weight excluding hydrogens is 184 g/mol. The molecule has 0 N–H and O–H groups in total. The molecule has 15 heavy (non-hydrogen) atoms. The molecule has 0 fully saturated rings. The summed E-state index contributed by atoms with van der Waals surface area (Å²) in [5, 5.41) is 0. The van der Waals surface area contributed by atoms with E-state index in [0.717, 1.165) is 12.8 Å². The van der Waals surface area contributed by atoms with Gasteiger partial charge in [-0.15, -0.1) is 0 Å². The van der Waals surface area contributed by atoms with Crippen LogP contribution in [-0.2, 0) is 11.2 Å². The van der Waals surface area contributed by atoms with Gasteiger partial charge in [0, 0.05) is 7.11 Å². The average Bonchev–Trinajstić information content (AvgIpc) is 2.27.